The maximum absolute atomic E-state index is 13.5. The number of rotatable bonds is 3. The fraction of sp³-hybridized carbons (Fsp3) is 0.267. The average molecular weight is 306 g/mol. The minimum absolute atomic E-state index is 0.0397. The third-order valence-electron chi connectivity index (χ3n) is 2.59. The van der Waals surface area contributed by atoms with E-state index in [1.54, 1.807) is 0 Å². The van der Waals surface area contributed by atoms with Gasteiger partial charge in [0, 0.05) is 5.54 Å². The first-order valence-electron chi connectivity index (χ1n) is 6.62. The fourth-order valence-corrected chi connectivity index (χ4v) is 1.69. The Morgan fingerprint density at radius 2 is 1.73 bits per heavy atom. The largest absolute Gasteiger partial charge is 0.364 e. The first kappa shape index (κ1) is 15.8. The molecular weight excluding hydrogens is 290 g/mol. The zero-order chi connectivity index (χ0) is 16.3. The van der Waals surface area contributed by atoms with E-state index in [-0.39, 0.29) is 11.2 Å². The van der Waals surface area contributed by atoms with Gasteiger partial charge in [-0.05, 0) is 32.9 Å². The van der Waals surface area contributed by atoms with Crippen LogP contribution in [0, 0.1) is 11.6 Å². The molecule has 1 heterocycles. The number of nitrogens with one attached hydrogen (secondary N) is 2. The Labute approximate surface area is 126 Å². The van der Waals surface area contributed by atoms with E-state index in [1.165, 1.54) is 18.5 Å². The molecule has 0 spiro atoms. The van der Waals surface area contributed by atoms with E-state index < -0.39 is 23.2 Å². The maximum atomic E-state index is 13.5. The summed E-state index contributed by atoms with van der Waals surface area (Å²) >= 11 is 0. The van der Waals surface area contributed by atoms with Crippen LogP contribution in [0.3, 0.4) is 0 Å². The standard InChI is InChI=1S/C15H16F2N4O/c1-15(2,3)21-12-8-18-11(7-19-12)14(22)20-13-9(16)5-4-6-10(13)17/h4-8H,1-3H3,(H,19,21)(H,20,22). The van der Waals surface area contributed by atoms with Crippen LogP contribution in [0.5, 0.6) is 0 Å². The summed E-state index contributed by atoms with van der Waals surface area (Å²) in [6, 6.07) is 3.33. The lowest BCUT2D eigenvalue weighted by Crippen LogP contribution is -2.27. The lowest BCUT2D eigenvalue weighted by Gasteiger charge is -2.20. The number of aromatic nitrogens is 2. The lowest BCUT2D eigenvalue weighted by molar-refractivity contribution is 0.102. The molecule has 0 unspecified atom stereocenters. The van der Waals surface area contributed by atoms with Crippen LogP contribution in [0.2, 0.25) is 0 Å². The van der Waals surface area contributed by atoms with E-state index in [4.69, 9.17) is 0 Å². The second-order valence-electron chi connectivity index (χ2n) is 5.71. The van der Waals surface area contributed by atoms with Gasteiger partial charge in [-0.25, -0.2) is 18.7 Å². The minimum atomic E-state index is -0.854. The summed E-state index contributed by atoms with van der Waals surface area (Å²) in [6.45, 7) is 5.86. The summed E-state index contributed by atoms with van der Waals surface area (Å²) in [5, 5.41) is 5.24. The molecule has 0 aliphatic rings. The van der Waals surface area contributed by atoms with Crippen LogP contribution in [-0.4, -0.2) is 21.4 Å². The van der Waals surface area contributed by atoms with Crippen LogP contribution >= 0.6 is 0 Å². The van der Waals surface area contributed by atoms with Gasteiger partial charge in [-0.1, -0.05) is 6.07 Å². The maximum Gasteiger partial charge on any atom is 0.276 e. The number of hydrogen-bond acceptors (Lipinski definition) is 4. The van der Waals surface area contributed by atoms with Crippen LogP contribution in [0.4, 0.5) is 20.3 Å². The van der Waals surface area contributed by atoms with E-state index >= 15 is 0 Å². The van der Waals surface area contributed by atoms with Gasteiger partial charge in [-0.3, -0.25) is 4.79 Å². The van der Waals surface area contributed by atoms with Gasteiger partial charge in [-0.15, -0.1) is 0 Å². The lowest BCUT2D eigenvalue weighted by atomic mass is 10.1. The molecule has 0 saturated heterocycles. The van der Waals surface area contributed by atoms with Gasteiger partial charge in [0.15, 0.2) is 0 Å². The van der Waals surface area contributed by atoms with Crippen molar-refractivity contribution in [3.63, 3.8) is 0 Å². The first-order valence-corrected chi connectivity index (χ1v) is 6.62. The zero-order valence-electron chi connectivity index (χ0n) is 12.4. The van der Waals surface area contributed by atoms with Crippen molar-refractivity contribution in [1.29, 1.82) is 0 Å². The predicted molar refractivity (Wildman–Crippen MR) is 79.7 cm³/mol. The summed E-state index contributed by atoms with van der Waals surface area (Å²) in [7, 11) is 0. The normalized spacial score (nSPS) is 11.1. The van der Waals surface area contributed by atoms with Gasteiger partial charge >= 0.3 is 0 Å². The SMILES string of the molecule is CC(C)(C)Nc1cnc(C(=O)Nc2c(F)cccc2F)cn1. The summed E-state index contributed by atoms with van der Waals surface area (Å²) < 4.78 is 27.0. The number of hydrogen-bond donors (Lipinski definition) is 2. The molecule has 1 aromatic heterocycles. The monoisotopic (exact) mass is 306 g/mol. The van der Waals surface area contributed by atoms with Crippen LogP contribution < -0.4 is 10.6 Å². The Balaban J connectivity index is 2.13. The number of carbonyl (C=O) groups excluding carboxylic acids is 1. The van der Waals surface area contributed by atoms with Gasteiger partial charge in [0.25, 0.3) is 5.91 Å². The molecule has 0 saturated carbocycles. The van der Waals surface area contributed by atoms with Crippen molar-refractivity contribution in [3.8, 4) is 0 Å². The molecule has 7 heteroatoms. The molecule has 0 atom stereocenters. The highest BCUT2D eigenvalue weighted by Crippen LogP contribution is 2.18. The molecule has 22 heavy (non-hydrogen) atoms. The molecule has 0 aliphatic carbocycles. The van der Waals surface area contributed by atoms with Crippen molar-refractivity contribution < 1.29 is 13.6 Å². The Kier molecular flexibility index (Phi) is 4.35. The second-order valence-corrected chi connectivity index (χ2v) is 5.71. The molecule has 5 nitrogen and oxygen atoms in total. The molecule has 1 amide bonds. The highest BCUT2D eigenvalue weighted by Gasteiger charge is 2.15. The van der Waals surface area contributed by atoms with Crippen LogP contribution in [0.15, 0.2) is 30.6 Å². The molecule has 2 N–H and O–H groups in total. The van der Waals surface area contributed by atoms with E-state index in [0.29, 0.717) is 5.82 Å². The number of anilines is 2. The fourth-order valence-electron chi connectivity index (χ4n) is 1.69. The van der Waals surface area contributed by atoms with Gasteiger partial charge in [0.1, 0.15) is 28.8 Å². The van der Waals surface area contributed by atoms with Crippen LogP contribution in [-0.2, 0) is 0 Å². The average Bonchev–Trinajstić information content (AvgIpc) is 2.42. The highest BCUT2D eigenvalue weighted by atomic mass is 19.1. The summed E-state index contributed by atoms with van der Waals surface area (Å²) in [5.74, 6) is -1.94. The topological polar surface area (TPSA) is 66.9 Å². The van der Waals surface area contributed by atoms with E-state index in [2.05, 4.69) is 20.6 Å². The minimum Gasteiger partial charge on any atom is -0.364 e. The van der Waals surface area contributed by atoms with E-state index in [9.17, 15) is 13.6 Å². The molecule has 2 rings (SSSR count). The molecule has 0 bridgehead atoms. The zero-order valence-corrected chi connectivity index (χ0v) is 12.4. The Bertz CT molecular complexity index is 661. The predicted octanol–water partition coefficient (Wildman–Crippen LogP) is 3.22. The van der Waals surface area contributed by atoms with Gasteiger partial charge in [0.2, 0.25) is 0 Å². The third kappa shape index (κ3) is 3.97. The number of halogens is 2. The first-order chi connectivity index (χ1) is 10.3. The molecule has 1 aromatic carbocycles. The second kappa shape index (κ2) is 6.05. The Morgan fingerprint density at radius 3 is 2.23 bits per heavy atom. The van der Waals surface area contributed by atoms with Gasteiger partial charge in [-0.2, -0.15) is 0 Å². The van der Waals surface area contributed by atoms with E-state index in [0.717, 1.165) is 12.1 Å². The number of carbonyl (C=O) groups is 1. The molecule has 0 radical (unpaired) electrons. The van der Waals surface area contributed by atoms with Crippen LogP contribution in [0.25, 0.3) is 0 Å². The quantitative estimate of drug-likeness (QED) is 0.913. The summed E-state index contributed by atoms with van der Waals surface area (Å²) in [6.07, 6.45) is 2.63. The Morgan fingerprint density at radius 1 is 1.09 bits per heavy atom. The molecule has 116 valence electrons. The smallest absolute Gasteiger partial charge is 0.276 e. The van der Waals surface area contributed by atoms with Crippen molar-refractivity contribution in [2.75, 3.05) is 10.6 Å². The van der Waals surface area contributed by atoms with Crippen molar-refractivity contribution in [2.45, 2.75) is 26.3 Å². The van der Waals surface area contributed by atoms with Crippen molar-refractivity contribution in [1.82, 2.24) is 9.97 Å². The van der Waals surface area contributed by atoms with Crippen molar-refractivity contribution >= 4 is 17.4 Å². The van der Waals surface area contributed by atoms with E-state index in [1.807, 2.05) is 20.8 Å². The highest BCUT2D eigenvalue weighted by molar-refractivity contribution is 6.02. The summed E-state index contributed by atoms with van der Waals surface area (Å²) in [5.41, 5.74) is -0.748. The number of benzene rings is 1. The number of amides is 1. The van der Waals surface area contributed by atoms with Crippen LogP contribution in [0.1, 0.15) is 31.3 Å². The van der Waals surface area contributed by atoms with Crippen molar-refractivity contribution in [3.05, 3.63) is 47.9 Å². The molecule has 2 aromatic rings. The molecule has 0 aliphatic heterocycles. The number of para-hydroxylation sites is 1. The summed E-state index contributed by atoms with van der Waals surface area (Å²) in [4.78, 5) is 19.9. The third-order valence-corrected chi connectivity index (χ3v) is 2.59. The molecular formula is C15H16F2N4O. The van der Waals surface area contributed by atoms with Crippen molar-refractivity contribution in [2.24, 2.45) is 0 Å². The Hall–Kier alpha value is -2.57. The van der Waals surface area contributed by atoms with Gasteiger partial charge in [0.05, 0.1) is 12.4 Å². The molecule has 0 fully saturated rings. The van der Waals surface area contributed by atoms with Gasteiger partial charge < -0.3 is 10.6 Å². The number of nitrogens with zero attached hydrogens (tertiary/aromatic N) is 2.